The van der Waals surface area contributed by atoms with Crippen LogP contribution in [0.25, 0.3) is 0 Å². The minimum Gasteiger partial charge on any atom is -0.284 e. The number of rotatable bonds is 4. The van der Waals surface area contributed by atoms with E-state index in [2.05, 4.69) is 4.18 Å². The maximum atomic E-state index is 9.77. The van der Waals surface area contributed by atoms with Gasteiger partial charge in [0.25, 0.3) is 0 Å². The van der Waals surface area contributed by atoms with Crippen molar-refractivity contribution in [1.82, 2.24) is 0 Å². The molecule has 0 heterocycles. The zero-order valence-corrected chi connectivity index (χ0v) is 5.56. The minimum atomic E-state index is -2.18. The van der Waals surface area contributed by atoms with Gasteiger partial charge in [-0.2, -0.15) is 9.47 Å². The average Bonchev–Trinajstić information content (AvgIpc) is 1.80. The highest BCUT2D eigenvalue weighted by atomic mass is 32.2. The molecule has 0 rings (SSSR count). The van der Waals surface area contributed by atoms with Crippen LogP contribution in [0, 0.1) is 11.3 Å². The number of nitriles is 1. The fourth-order valence-electron chi connectivity index (χ4n) is 0.281. The Morgan fingerprint density at radius 2 is 2.44 bits per heavy atom. The predicted molar refractivity (Wildman–Crippen MR) is 31.6 cm³/mol. The van der Waals surface area contributed by atoms with Crippen molar-refractivity contribution in [2.24, 2.45) is 0 Å². The second kappa shape index (κ2) is 5.69. The summed E-state index contributed by atoms with van der Waals surface area (Å²) in [5.41, 5.74) is 0. The molecule has 52 valence electrons. The molecule has 0 aliphatic carbocycles. The van der Waals surface area contributed by atoms with Gasteiger partial charge in [0.2, 0.25) is 0 Å². The largest absolute Gasteiger partial charge is 0.301 e. The van der Waals surface area contributed by atoms with Gasteiger partial charge in [-0.15, -0.1) is 0 Å². The van der Waals surface area contributed by atoms with Crippen molar-refractivity contribution in [3.05, 3.63) is 0 Å². The fourth-order valence-corrected chi connectivity index (χ4v) is 0.542. The quantitative estimate of drug-likeness (QED) is 0.465. The lowest BCUT2D eigenvalue weighted by atomic mass is 10.4. The van der Waals surface area contributed by atoms with E-state index < -0.39 is 11.4 Å². The zero-order valence-electron chi connectivity index (χ0n) is 4.74. The summed E-state index contributed by atoms with van der Waals surface area (Å²) in [6.45, 7) is 0.163. The summed E-state index contributed by atoms with van der Waals surface area (Å²) >= 11 is -2.18. The Bertz CT molecular complexity index is 130. The van der Waals surface area contributed by atoms with E-state index in [1.165, 1.54) is 0 Å². The van der Waals surface area contributed by atoms with Crippen LogP contribution in [0.3, 0.4) is 0 Å². The SMILES string of the molecule is N#CCCCOS(=O)O. The van der Waals surface area contributed by atoms with Crippen LogP contribution in [0.2, 0.25) is 0 Å². The molecule has 0 aromatic carbocycles. The lowest BCUT2D eigenvalue weighted by Gasteiger charge is -1.91. The molecule has 0 aliphatic rings. The first kappa shape index (κ1) is 8.56. The molecule has 0 aromatic heterocycles. The van der Waals surface area contributed by atoms with Crippen molar-refractivity contribution in [2.45, 2.75) is 12.8 Å². The van der Waals surface area contributed by atoms with Crippen LogP contribution in [-0.4, -0.2) is 15.4 Å². The van der Waals surface area contributed by atoms with Gasteiger partial charge in [0.05, 0.1) is 12.7 Å². The molecular formula is C4H7NO3S. The van der Waals surface area contributed by atoms with Gasteiger partial charge in [-0.1, -0.05) is 0 Å². The zero-order chi connectivity index (χ0) is 7.11. The van der Waals surface area contributed by atoms with Crippen LogP contribution in [0.4, 0.5) is 0 Å². The van der Waals surface area contributed by atoms with E-state index in [0.29, 0.717) is 12.8 Å². The molecule has 0 saturated carbocycles. The molecule has 0 spiro atoms. The van der Waals surface area contributed by atoms with Crippen LogP contribution in [0.5, 0.6) is 0 Å². The first-order valence-electron chi connectivity index (χ1n) is 2.38. The van der Waals surface area contributed by atoms with E-state index in [1.807, 2.05) is 6.07 Å². The Morgan fingerprint density at radius 1 is 1.78 bits per heavy atom. The molecule has 1 N–H and O–H groups in total. The molecular weight excluding hydrogens is 142 g/mol. The molecule has 0 aromatic rings. The molecule has 0 amide bonds. The Morgan fingerprint density at radius 3 is 2.89 bits per heavy atom. The maximum absolute atomic E-state index is 9.77. The van der Waals surface area contributed by atoms with Gasteiger partial charge < -0.3 is 0 Å². The highest BCUT2D eigenvalue weighted by Gasteiger charge is 1.90. The number of hydrogen-bond acceptors (Lipinski definition) is 3. The summed E-state index contributed by atoms with van der Waals surface area (Å²) in [4.78, 5) is 0. The Kier molecular flexibility index (Phi) is 5.41. The molecule has 1 atom stereocenters. The first-order chi connectivity index (χ1) is 4.27. The van der Waals surface area contributed by atoms with E-state index in [0.717, 1.165) is 0 Å². The predicted octanol–water partition coefficient (Wildman–Crippen LogP) is 0.443. The third-order valence-electron chi connectivity index (χ3n) is 0.617. The van der Waals surface area contributed by atoms with Crippen molar-refractivity contribution < 1.29 is 12.9 Å². The molecule has 9 heavy (non-hydrogen) atoms. The Hall–Kier alpha value is -0.440. The molecule has 4 nitrogen and oxygen atoms in total. The van der Waals surface area contributed by atoms with Crippen LogP contribution in [0.15, 0.2) is 0 Å². The third kappa shape index (κ3) is 7.56. The summed E-state index contributed by atoms with van der Waals surface area (Å²) < 4.78 is 22.0. The van der Waals surface area contributed by atoms with E-state index in [4.69, 9.17) is 9.81 Å². The van der Waals surface area contributed by atoms with Crippen LogP contribution >= 0.6 is 0 Å². The molecule has 0 radical (unpaired) electrons. The van der Waals surface area contributed by atoms with E-state index in [9.17, 15) is 4.21 Å². The van der Waals surface area contributed by atoms with E-state index in [1.54, 1.807) is 0 Å². The van der Waals surface area contributed by atoms with Crippen molar-refractivity contribution >= 4 is 11.4 Å². The molecule has 0 fully saturated rings. The topological polar surface area (TPSA) is 70.3 Å². The van der Waals surface area contributed by atoms with Crippen LogP contribution < -0.4 is 0 Å². The Labute approximate surface area is 55.9 Å². The van der Waals surface area contributed by atoms with Crippen molar-refractivity contribution in [3.63, 3.8) is 0 Å². The molecule has 5 heteroatoms. The van der Waals surface area contributed by atoms with Gasteiger partial charge in [-0.05, 0) is 6.42 Å². The smallest absolute Gasteiger partial charge is 0.284 e. The van der Waals surface area contributed by atoms with Crippen molar-refractivity contribution in [3.8, 4) is 6.07 Å². The number of hydrogen-bond donors (Lipinski definition) is 1. The van der Waals surface area contributed by atoms with Gasteiger partial charge in [0.1, 0.15) is 0 Å². The summed E-state index contributed by atoms with van der Waals surface area (Å²) in [7, 11) is 0. The van der Waals surface area contributed by atoms with Gasteiger partial charge in [-0.25, -0.2) is 0 Å². The lowest BCUT2D eigenvalue weighted by Crippen LogP contribution is -1.96. The average molecular weight is 149 g/mol. The molecule has 0 bridgehead atoms. The fraction of sp³-hybridized carbons (Fsp3) is 0.750. The van der Waals surface area contributed by atoms with Crippen LogP contribution in [0.1, 0.15) is 12.8 Å². The summed E-state index contributed by atoms with van der Waals surface area (Å²) in [6.07, 6.45) is 0.861. The van der Waals surface area contributed by atoms with Gasteiger partial charge in [0, 0.05) is 6.42 Å². The maximum Gasteiger partial charge on any atom is 0.301 e. The molecule has 1 unspecified atom stereocenters. The summed E-state index contributed by atoms with van der Waals surface area (Å²) in [5, 5.41) is 7.99. The third-order valence-corrected chi connectivity index (χ3v) is 0.985. The number of nitrogens with zero attached hydrogens (tertiary/aromatic N) is 1. The normalized spacial score (nSPS) is 12.4. The van der Waals surface area contributed by atoms with Gasteiger partial charge in [-0.3, -0.25) is 8.74 Å². The second-order valence-corrected chi connectivity index (χ2v) is 1.97. The van der Waals surface area contributed by atoms with Crippen LogP contribution in [-0.2, 0) is 15.5 Å². The van der Waals surface area contributed by atoms with Gasteiger partial charge in [0.15, 0.2) is 0 Å². The highest BCUT2D eigenvalue weighted by molar-refractivity contribution is 7.74. The molecule has 0 saturated heterocycles. The van der Waals surface area contributed by atoms with E-state index in [-0.39, 0.29) is 6.61 Å². The van der Waals surface area contributed by atoms with Gasteiger partial charge >= 0.3 is 11.4 Å². The monoisotopic (exact) mass is 149 g/mol. The summed E-state index contributed by atoms with van der Waals surface area (Å²) in [6, 6.07) is 1.88. The van der Waals surface area contributed by atoms with Crippen molar-refractivity contribution in [2.75, 3.05) is 6.61 Å². The number of unbranched alkanes of at least 4 members (excludes halogenated alkanes) is 1. The lowest BCUT2D eigenvalue weighted by molar-refractivity contribution is 0.303. The second-order valence-electron chi connectivity index (χ2n) is 1.30. The van der Waals surface area contributed by atoms with Crippen molar-refractivity contribution in [1.29, 1.82) is 5.26 Å². The summed E-state index contributed by atoms with van der Waals surface area (Å²) in [5.74, 6) is 0. The first-order valence-corrected chi connectivity index (χ1v) is 3.41. The van der Waals surface area contributed by atoms with E-state index >= 15 is 0 Å². The minimum absolute atomic E-state index is 0.163. The molecule has 0 aliphatic heterocycles. The Balaban J connectivity index is 2.94. The highest BCUT2D eigenvalue weighted by Crippen LogP contribution is 1.88. The standard InChI is InChI=1S/C4H7NO3S/c5-3-1-2-4-8-9(6)7/h1-2,4H2,(H,6,7).